The number of hydrogen-bond donors (Lipinski definition) is 0. The van der Waals surface area contributed by atoms with Crippen molar-refractivity contribution in [2.45, 2.75) is 32.5 Å². The normalized spacial score (nSPS) is 12.6. The third-order valence-electron chi connectivity index (χ3n) is 3.86. The summed E-state index contributed by atoms with van der Waals surface area (Å²) >= 11 is 16.1. The largest absolute Gasteiger partial charge is 0.0843 e. The highest BCUT2D eigenvalue weighted by molar-refractivity contribution is 9.09. The van der Waals surface area contributed by atoms with E-state index in [2.05, 4.69) is 49.7 Å². The molecule has 0 N–H and O–H groups in total. The molecule has 2 aromatic rings. The van der Waals surface area contributed by atoms with E-state index < -0.39 is 0 Å². The van der Waals surface area contributed by atoms with Gasteiger partial charge in [0.1, 0.15) is 0 Å². The average molecular weight is 372 g/mol. The Balaban J connectivity index is 2.61. The molecular formula is C17H17BrCl2. The minimum Gasteiger partial charge on any atom is -0.0843 e. The Morgan fingerprint density at radius 3 is 1.70 bits per heavy atom. The lowest BCUT2D eigenvalue weighted by atomic mass is 9.90. The molecule has 1 unspecified atom stereocenters. The van der Waals surface area contributed by atoms with Crippen LogP contribution in [0.4, 0.5) is 0 Å². The molecule has 0 aromatic heterocycles. The van der Waals surface area contributed by atoms with Gasteiger partial charge in [0.2, 0.25) is 0 Å². The molecule has 0 spiro atoms. The van der Waals surface area contributed by atoms with Gasteiger partial charge in [-0.05, 0) is 79.3 Å². The number of halogens is 3. The Morgan fingerprint density at radius 2 is 1.25 bits per heavy atom. The van der Waals surface area contributed by atoms with Crippen LogP contribution in [-0.2, 0) is 0 Å². The first-order chi connectivity index (χ1) is 9.31. The minimum absolute atomic E-state index is 0.0947. The Kier molecular flexibility index (Phi) is 4.84. The topological polar surface area (TPSA) is 0 Å². The zero-order valence-electron chi connectivity index (χ0n) is 12.0. The van der Waals surface area contributed by atoms with E-state index in [0.29, 0.717) is 10.0 Å². The molecule has 0 aliphatic carbocycles. The van der Waals surface area contributed by atoms with Crippen LogP contribution in [0.3, 0.4) is 0 Å². The monoisotopic (exact) mass is 370 g/mol. The molecule has 0 radical (unpaired) electrons. The van der Waals surface area contributed by atoms with Crippen LogP contribution < -0.4 is 0 Å². The van der Waals surface area contributed by atoms with E-state index in [-0.39, 0.29) is 4.83 Å². The molecule has 3 heteroatoms. The van der Waals surface area contributed by atoms with Crippen LogP contribution in [0.5, 0.6) is 0 Å². The minimum atomic E-state index is 0.0947. The molecule has 106 valence electrons. The van der Waals surface area contributed by atoms with E-state index >= 15 is 0 Å². The molecule has 0 aliphatic rings. The second-order valence-electron chi connectivity index (χ2n) is 5.24. The maximum Gasteiger partial charge on any atom is 0.0650 e. The summed E-state index contributed by atoms with van der Waals surface area (Å²) in [6.45, 7) is 8.63. The van der Waals surface area contributed by atoms with Gasteiger partial charge in [-0.25, -0.2) is 0 Å². The van der Waals surface area contributed by atoms with Crippen molar-refractivity contribution < 1.29 is 0 Å². The van der Waals surface area contributed by atoms with Crippen LogP contribution in [0, 0.1) is 27.7 Å². The van der Waals surface area contributed by atoms with Crippen molar-refractivity contribution in [3.63, 3.8) is 0 Å². The van der Waals surface area contributed by atoms with Crippen LogP contribution in [0.15, 0.2) is 24.3 Å². The number of benzene rings is 2. The molecule has 0 nitrogen and oxygen atoms in total. The molecule has 1 atom stereocenters. The molecule has 0 amide bonds. The van der Waals surface area contributed by atoms with Crippen LogP contribution >= 0.6 is 39.1 Å². The second-order valence-corrected chi connectivity index (χ2v) is 7.03. The van der Waals surface area contributed by atoms with Gasteiger partial charge in [0.25, 0.3) is 0 Å². The van der Waals surface area contributed by atoms with Crippen molar-refractivity contribution in [1.82, 2.24) is 0 Å². The Labute approximate surface area is 139 Å². The molecule has 2 aromatic carbocycles. The molecule has 0 heterocycles. The summed E-state index contributed by atoms with van der Waals surface area (Å²) in [6.07, 6.45) is 0. The van der Waals surface area contributed by atoms with Gasteiger partial charge < -0.3 is 0 Å². The lowest BCUT2D eigenvalue weighted by Gasteiger charge is -2.20. The Morgan fingerprint density at radius 1 is 0.800 bits per heavy atom. The van der Waals surface area contributed by atoms with Crippen molar-refractivity contribution in [2.24, 2.45) is 0 Å². The number of rotatable bonds is 2. The van der Waals surface area contributed by atoms with E-state index in [9.17, 15) is 0 Å². The van der Waals surface area contributed by atoms with E-state index in [0.717, 1.165) is 5.56 Å². The van der Waals surface area contributed by atoms with Crippen molar-refractivity contribution in [3.05, 3.63) is 67.7 Å². The van der Waals surface area contributed by atoms with Crippen molar-refractivity contribution in [2.75, 3.05) is 0 Å². The summed E-state index contributed by atoms with van der Waals surface area (Å²) in [5.41, 5.74) is 7.62. The van der Waals surface area contributed by atoms with Gasteiger partial charge in [0.15, 0.2) is 0 Å². The predicted octanol–water partition coefficient (Wildman–Crippen LogP) is 6.71. The summed E-state index contributed by atoms with van der Waals surface area (Å²) in [5, 5.41) is 1.33. The van der Waals surface area contributed by atoms with E-state index in [1.165, 1.54) is 27.8 Å². The lowest BCUT2D eigenvalue weighted by molar-refractivity contribution is 1.08. The van der Waals surface area contributed by atoms with Gasteiger partial charge >= 0.3 is 0 Å². The van der Waals surface area contributed by atoms with Gasteiger partial charge in [-0.3, -0.25) is 0 Å². The van der Waals surface area contributed by atoms with E-state index in [4.69, 9.17) is 23.2 Å². The maximum absolute atomic E-state index is 6.12. The molecule has 20 heavy (non-hydrogen) atoms. The van der Waals surface area contributed by atoms with Crippen LogP contribution in [0.1, 0.15) is 38.2 Å². The predicted molar refractivity (Wildman–Crippen MR) is 92.6 cm³/mol. The van der Waals surface area contributed by atoms with E-state index in [1.54, 1.807) is 6.07 Å². The number of aryl methyl sites for hydroxylation is 2. The fourth-order valence-corrected chi connectivity index (χ4v) is 4.01. The Hall–Kier alpha value is -0.500. The van der Waals surface area contributed by atoms with Gasteiger partial charge in [0.05, 0.1) is 4.83 Å². The van der Waals surface area contributed by atoms with Gasteiger partial charge in [-0.2, -0.15) is 0 Å². The van der Waals surface area contributed by atoms with Crippen molar-refractivity contribution >= 4 is 39.1 Å². The van der Waals surface area contributed by atoms with Gasteiger partial charge in [0, 0.05) is 10.0 Å². The molecule has 0 aliphatic heterocycles. The molecule has 0 fully saturated rings. The standard InChI is InChI=1S/C17H17BrCl2/c1-9-5-10(2)12(4)16(11(9)3)17(18)13-6-14(19)8-15(20)7-13/h5-8,17H,1-4H3. The SMILES string of the molecule is Cc1cc(C)c(C)c(C(Br)c2cc(Cl)cc(Cl)c2)c1C. The van der Waals surface area contributed by atoms with Crippen LogP contribution in [0.25, 0.3) is 0 Å². The average Bonchev–Trinajstić information content (AvgIpc) is 2.35. The Bertz CT molecular complexity index is 616. The second kappa shape index (κ2) is 6.09. The van der Waals surface area contributed by atoms with E-state index in [1.807, 2.05) is 12.1 Å². The van der Waals surface area contributed by atoms with Crippen LogP contribution in [0.2, 0.25) is 10.0 Å². The zero-order valence-corrected chi connectivity index (χ0v) is 15.1. The summed E-state index contributed by atoms with van der Waals surface area (Å²) in [4.78, 5) is 0.0947. The third kappa shape index (κ3) is 3.05. The van der Waals surface area contributed by atoms with Gasteiger partial charge in [-0.15, -0.1) is 0 Å². The van der Waals surface area contributed by atoms with Crippen molar-refractivity contribution in [3.8, 4) is 0 Å². The maximum atomic E-state index is 6.12. The van der Waals surface area contributed by atoms with Gasteiger partial charge in [-0.1, -0.05) is 45.2 Å². The molecule has 0 saturated heterocycles. The first kappa shape index (κ1) is 15.9. The first-order valence-corrected chi connectivity index (χ1v) is 8.15. The molecule has 2 rings (SSSR count). The highest BCUT2D eigenvalue weighted by atomic mass is 79.9. The smallest absolute Gasteiger partial charge is 0.0650 e. The number of hydrogen-bond acceptors (Lipinski definition) is 0. The highest BCUT2D eigenvalue weighted by Gasteiger charge is 2.18. The summed E-state index contributed by atoms with van der Waals surface area (Å²) in [6, 6.07) is 7.92. The summed E-state index contributed by atoms with van der Waals surface area (Å²) in [5.74, 6) is 0. The summed E-state index contributed by atoms with van der Waals surface area (Å²) in [7, 11) is 0. The first-order valence-electron chi connectivity index (χ1n) is 6.48. The highest BCUT2D eigenvalue weighted by Crippen LogP contribution is 2.39. The number of alkyl halides is 1. The van der Waals surface area contributed by atoms with Crippen molar-refractivity contribution in [1.29, 1.82) is 0 Å². The quantitative estimate of drug-likeness (QED) is 0.514. The third-order valence-corrected chi connectivity index (χ3v) is 5.28. The summed E-state index contributed by atoms with van der Waals surface area (Å²) < 4.78 is 0. The molecule has 0 bridgehead atoms. The van der Waals surface area contributed by atoms with Crippen LogP contribution in [-0.4, -0.2) is 0 Å². The lowest BCUT2D eigenvalue weighted by Crippen LogP contribution is -2.03. The molecular weight excluding hydrogens is 355 g/mol. The fraction of sp³-hybridized carbons (Fsp3) is 0.294. The zero-order chi connectivity index (χ0) is 15.0. The fourth-order valence-electron chi connectivity index (χ4n) is 2.52. The molecule has 0 saturated carbocycles.